The summed E-state index contributed by atoms with van der Waals surface area (Å²) in [4.78, 5) is 13.0. The van der Waals surface area contributed by atoms with Crippen LogP contribution < -0.4 is 9.62 Å². The quantitative estimate of drug-likeness (QED) is 0.395. The van der Waals surface area contributed by atoms with Gasteiger partial charge in [0.25, 0.3) is 10.0 Å². The molecule has 0 saturated carbocycles. The van der Waals surface area contributed by atoms with E-state index in [1.807, 2.05) is 30.3 Å². The predicted octanol–water partition coefficient (Wildman–Crippen LogP) is 5.42. The van der Waals surface area contributed by atoms with Crippen molar-refractivity contribution in [3.63, 3.8) is 0 Å². The number of anilines is 1. The fourth-order valence-corrected chi connectivity index (χ4v) is 6.20. The van der Waals surface area contributed by atoms with Gasteiger partial charge in [-0.25, -0.2) is 8.42 Å². The van der Waals surface area contributed by atoms with E-state index in [4.69, 9.17) is 16.3 Å². The molecule has 1 aliphatic heterocycles. The highest BCUT2D eigenvalue weighted by Crippen LogP contribution is 2.38. The van der Waals surface area contributed by atoms with E-state index in [0.29, 0.717) is 36.4 Å². The first-order chi connectivity index (χ1) is 18.0. The molecule has 4 rings (SSSR count). The summed E-state index contributed by atoms with van der Waals surface area (Å²) in [5.74, 6) is -0.681. The van der Waals surface area contributed by atoms with Crippen molar-refractivity contribution in [2.45, 2.75) is 29.3 Å². The molecule has 202 valence electrons. The van der Waals surface area contributed by atoms with E-state index in [9.17, 15) is 26.4 Å². The smallest absolute Gasteiger partial charge is 0.381 e. The van der Waals surface area contributed by atoms with Crippen molar-refractivity contribution < 1.29 is 31.1 Å². The molecule has 0 unspecified atom stereocenters. The van der Waals surface area contributed by atoms with Gasteiger partial charge in [-0.1, -0.05) is 60.1 Å². The van der Waals surface area contributed by atoms with Crippen molar-refractivity contribution >= 4 is 33.2 Å². The van der Waals surface area contributed by atoms with Gasteiger partial charge in [0.2, 0.25) is 5.91 Å². The minimum absolute atomic E-state index is 0.188. The number of nitrogens with zero attached hydrogens (tertiary/aromatic N) is 1. The fourth-order valence-electron chi connectivity index (χ4n) is 4.47. The topological polar surface area (TPSA) is 75.7 Å². The van der Waals surface area contributed by atoms with Crippen LogP contribution in [-0.4, -0.2) is 40.6 Å². The van der Waals surface area contributed by atoms with Crippen molar-refractivity contribution in [3.05, 3.63) is 95.0 Å². The Balaban J connectivity index is 1.66. The second-order valence-electron chi connectivity index (χ2n) is 9.02. The summed E-state index contributed by atoms with van der Waals surface area (Å²) in [6.07, 6.45) is -3.46. The Kier molecular flexibility index (Phi) is 8.34. The molecule has 1 heterocycles. The molecular formula is C27H26ClF3N2O4S. The molecule has 11 heteroatoms. The van der Waals surface area contributed by atoms with Crippen LogP contribution in [0.25, 0.3) is 0 Å². The van der Waals surface area contributed by atoms with Crippen molar-refractivity contribution in [1.82, 2.24) is 5.32 Å². The molecule has 3 aromatic carbocycles. The molecule has 0 bridgehead atoms. The number of sulfonamides is 1. The van der Waals surface area contributed by atoms with E-state index in [1.165, 1.54) is 24.3 Å². The van der Waals surface area contributed by atoms with Crippen LogP contribution in [0.2, 0.25) is 5.02 Å². The van der Waals surface area contributed by atoms with Gasteiger partial charge in [0, 0.05) is 25.2 Å². The maximum absolute atomic E-state index is 13.6. The molecule has 0 radical (unpaired) electrons. The van der Waals surface area contributed by atoms with Gasteiger partial charge in [-0.05, 0) is 48.7 Å². The van der Waals surface area contributed by atoms with Gasteiger partial charge < -0.3 is 10.1 Å². The summed E-state index contributed by atoms with van der Waals surface area (Å²) in [6, 6.07) is 19.1. The third-order valence-electron chi connectivity index (χ3n) is 6.62. The molecule has 1 saturated heterocycles. The van der Waals surface area contributed by atoms with Crippen LogP contribution in [0.5, 0.6) is 0 Å². The van der Waals surface area contributed by atoms with Crippen molar-refractivity contribution in [2.24, 2.45) is 0 Å². The summed E-state index contributed by atoms with van der Waals surface area (Å²) in [5, 5.41) is 2.57. The highest BCUT2D eigenvalue weighted by Gasteiger charge is 2.37. The monoisotopic (exact) mass is 566 g/mol. The molecule has 0 aliphatic carbocycles. The van der Waals surface area contributed by atoms with Crippen molar-refractivity contribution in [3.8, 4) is 0 Å². The lowest BCUT2D eigenvalue weighted by Gasteiger charge is -2.38. The van der Waals surface area contributed by atoms with E-state index in [-0.39, 0.29) is 16.5 Å². The van der Waals surface area contributed by atoms with Gasteiger partial charge in [0.1, 0.15) is 6.54 Å². The van der Waals surface area contributed by atoms with Crippen LogP contribution in [0, 0.1) is 0 Å². The number of ether oxygens (including phenoxy) is 1. The van der Waals surface area contributed by atoms with Crippen LogP contribution in [0.4, 0.5) is 18.9 Å². The number of benzene rings is 3. The third-order valence-corrected chi connectivity index (χ3v) is 8.71. The van der Waals surface area contributed by atoms with Gasteiger partial charge in [-0.15, -0.1) is 0 Å². The lowest BCUT2D eigenvalue weighted by atomic mass is 9.74. The molecule has 1 amide bonds. The largest absolute Gasteiger partial charge is 0.416 e. The Morgan fingerprint density at radius 2 is 1.58 bits per heavy atom. The highest BCUT2D eigenvalue weighted by molar-refractivity contribution is 7.92. The van der Waals surface area contributed by atoms with Crippen LogP contribution >= 0.6 is 11.6 Å². The standard InChI is InChI=1S/C27H26ClF3N2O4S/c28-23-12-11-21(27(29,30)31)17-24(23)33(38(35,36)22-9-5-2-6-10-22)18-25(34)32-19-26(13-15-37-16-14-26)20-7-3-1-4-8-20/h1-12,17H,13-16,18-19H2,(H,32,34). The molecule has 0 aromatic heterocycles. The Morgan fingerprint density at radius 1 is 0.974 bits per heavy atom. The first-order valence-corrected chi connectivity index (χ1v) is 13.7. The highest BCUT2D eigenvalue weighted by atomic mass is 35.5. The number of hydrogen-bond donors (Lipinski definition) is 1. The first-order valence-electron chi connectivity index (χ1n) is 11.9. The molecule has 1 fully saturated rings. The second kappa shape index (κ2) is 11.3. The molecule has 0 atom stereocenters. The number of hydrogen-bond acceptors (Lipinski definition) is 4. The number of rotatable bonds is 8. The minimum atomic E-state index is -4.74. The zero-order chi connectivity index (χ0) is 27.4. The maximum atomic E-state index is 13.6. The fraction of sp³-hybridized carbons (Fsp3) is 0.296. The van der Waals surface area contributed by atoms with Gasteiger partial charge in [-0.3, -0.25) is 9.10 Å². The summed E-state index contributed by atoms with van der Waals surface area (Å²) in [6.45, 7) is 0.437. The number of alkyl halides is 3. The molecule has 6 nitrogen and oxygen atoms in total. The molecule has 38 heavy (non-hydrogen) atoms. The van der Waals surface area contributed by atoms with Crippen LogP contribution in [0.1, 0.15) is 24.0 Å². The van der Waals surface area contributed by atoms with Gasteiger partial charge >= 0.3 is 6.18 Å². The number of carbonyl (C=O) groups is 1. The lowest BCUT2D eigenvalue weighted by molar-refractivity contribution is -0.137. The minimum Gasteiger partial charge on any atom is -0.381 e. The van der Waals surface area contributed by atoms with E-state index < -0.39 is 45.3 Å². The number of amides is 1. The van der Waals surface area contributed by atoms with Gasteiger partial charge in [-0.2, -0.15) is 13.2 Å². The van der Waals surface area contributed by atoms with Gasteiger partial charge in [0.15, 0.2) is 0 Å². The third kappa shape index (κ3) is 6.14. The molecule has 3 aromatic rings. The molecule has 0 spiro atoms. The average molecular weight is 567 g/mol. The number of halogens is 4. The average Bonchev–Trinajstić information content (AvgIpc) is 2.92. The van der Waals surface area contributed by atoms with Gasteiger partial charge in [0.05, 0.1) is 21.2 Å². The van der Waals surface area contributed by atoms with E-state index in [2.05, 4.69) is 5.32 Å². The van der Waals surface area contributed by atoms with E-state index >= 15 is 0 Å². The Labute approximate surface area is 224 Å². The number of nitrogens with one attached hydrogen (secondary N) is 1. The Bertz CT molecular complexity index is 1360. The predicted molar refractivity (Wildman–Crippen MR) is 139 cm³/mol. The molecule has 1 N–H and O–H groups in total. The van der Waals surface area contributed by atoms with Crippen molar-refractivity contribution in [2.75, 3.05) is 30.6 Å². The Morgan fingerprint density at radius 3 is 2.18 bits per heavy atom. The SMILES string of the molecule is O=C(CN(c1cc(C(F)(F)F)ccc1Cl)S(=O)(=O)c1ccccc1)NCC1(c2ccccc2)CCOCC1. The first kappa shape index (κ1) is 27.9. The van der Waals surface area contributed by atoms with Crippen LogP contribution in [-0.2, 0) is 31.1 Å². The second-order valence-corrected chi connectivity index (χ2v) is 11.3. The lowest BCUT2D eigenvalue weighted by Crippen LogP contribution is -2.48. The van der Waals surface area contributed by atoms with Crippen LogP contribution in [0.3, 0.4) is 0 Å². The summed E-state index contributed by atoms with van der Waals surface area (Å²) >= 11 is 6.20. The zero-order valence-corrected chi connectivity index (χ0v) is 21.8. The summed E-state index contributed by atoms with van der Waals surface area (Å²) < 4.78 is 73.7. The van der Waals surface area contributed by atoms with Crippen LogP contribution in [0.15, 0.2) is 83.8 Å². The normalized spacial score (nSPS) is 15.6. The molecule has 1 aliphatic rings. The maximum Gasteiger partial charge on any atom is 0.416 e. The van der Waals surface area contributed by atoms with E-state index in [0.717, 1.165) is 17.7 Å². The Hall–Kier alpha value is -3.08. The van der Waals surface area contributed by atoms with E-state index in [1.54, 1.807) is 6.07 Å². The van der Waals surface area contributed by atoms with Crippen molar-refractivity contribution in [1.29, 1.82) is 0 Å². The zero-order valence-electron chi connectivity index (χ0n) is 20.2. The summed E-state index contributed by atoms with van der Waals surface area (Å²) in [5.41, 5.74) is -0.940. The number of carbonyl (C=O) groups excluding carboxylic acids is 1. The molecular weight excluding hydrogens is 541 g/mol. The summed E-state index contributed by atoms with van der Waals surface area (Å²) in [7, 11) is -4.44.